The summed E-state index contributed by atoms with van der Waals surface area (Å²) < 4.78 is 5.41. The van der Waals surface area contributed by atoms with Gasteiger partial charge in [0.2, 0.25) is 0 Å². The van der Waals surface area contributed by atoms with Gasteiger partial charge in [0, 0.05) is 53.0 Å². The summed E-state index contributed by atoms with van der Waals surface area (Å²) >= 11 is 12.0. The van der Waals surface area contributed by atoms with Crippen LogP contribution in [-0.2, 0) is 4.74 Å². The fourth-order valence-electron chi connectivity index (χ4n) is 4.38. The number of amides is 2. The van der Waals surface area contributed by atoms with E-state index < -0.39 is 0 Å². The Labute approximate surface area is 204 Å². The fourth-order valence-corrected chi connectivity index (χ4v) is 4.91. The minimum atomic E-state index is -0.308. The smallest absolute Gasteiger partial charge is 0.255 e. The van der Waals surface area contributed by atoms with Crippen LogP contribution < -0.4 is 5.32 Å². The zero-order valence-corrected chi connectivity index (χ0v) is 20.1. The molecule has 0 atom stereocenters. The lowest BCUT2D eigenvalue weighted by molar-refractivity contribution is 0.0332. The van der Waals surface area contributed by atoms with E-state index >= 15 is 0 Å². The van der Waals surface area contributed by atoms with Gasteiger partial charge in [-0.2, -0.15) is 0 Å². The standard InChI is InChI=1S/C25H29Cl2N3O3/c26-21-15-20(16-22(27)17-21)24(31)28-23-3-1-19(2-4-23)25(32)30-9-6-18(7-10-30)5-8-29-11-13-33-14-12-29/h1-4,15-18H,5-14H2,(H,28,31). The highest BCUT2D eigenvalue weighted by Crippen LogP contribution is 2.24. The number of anilines is 1. The number of carbonyl (C=O) groups is 2. The van der Waals surface area contributed by atoms with Crippen LogP contribution in [0.4, 0.5) is 5.69 Å². The van der Waals surface area contributed by atoms with Gasteiger partial charge in [0.15, 0.2) is 0 Å². The van der Waals surface area contributed by atoms with Crippen molar-refractivity contribution in [2.45, 2.75) is 19.3 Å². The molecule has 2 aliphatic heterocycles. The lowest BCUT2D eigenvalue weighted by Gasteiger charge is -2.34. The van der Waals surface area contributed by atoms with Crippen LogP contribution in [0.15, 0.2) is 42.5 Å². The van der Waals surface area contributed by atoms with Gasteiger partial charge < -0.3 is 15.0 Å². The number of likely N-dealkylation sites (tertiary alicyclic amines) is 1. The number of hydrogen-bond donors (Lipinski definition) is 1. The summed E-state index contributed by atoms with van der Waals surface area (Å²) in [4.78, 5) is 29.8. The van der Waals surface area contributed by atoms with Crippen molar-refractivity contribution in [2.24, 2.45) is 5.92 Å². The first-order valence-electron chi connectivity index (χ1n) is 11.4. The predicted octanol–water partition coefficient (Wildman–Crippen LogP) is 4.82. The summed E-state index contributed by atoms with van der Waals surface area (Å²) in [6, 6.07) is 11.7. The van der Waals surface area contributed by atoms with Crippen molar-refractivity contribution < 1.29 is 14.3 Å². The molecular formula is C25H29Cl2N3O3. The van der Waals surface area contributed by atoms with Crippen LogP contribution in [0.1, 0.15) is 40.0 Å². The number of morpholine rings is 1. The number of ether oxygens (including phenoxy) is 1. The highest BCUT2D eigenvalue weighted by atomic mass is 35.5. The molecule has 2 aromatic rings. The van der Waals surface area contributed by atoms with Crippen LogP contribution in [0.3, 0.4) is 0 Å². The third-order valence-corrected chi connectivity index (χ3v) is 6.81. The Balaban J connectivity index is 1.25. The molecule has 0 bridgehead atoms. The third kappa shape index (κ3) is 6.70. The summed E-state index contributed by atoms with van der Waals surface area (Å²) in [6.45, 7) is 6.44. The first kappa shape index (κ1) is 24.0. The number of nitrogens with zero attached hydrogens (tertiary/aromatic N) is 2. The Morgan fingerprint density at radius 3 is 2.18 bits per heavy atom. The van der Waals surface area contributed by atoms with E-state index in [0.29, 0.717) is 32.8 Å². The van der Waals surface area contributed by atoms with Crippen molar-refractivity contribution in [3.63, 3.8) is 0 Å². The predicted molar refractivity (Wildman–Crippen MR) is 131 cm³/mol. The summed E-state index contributed by atoms with van der Waals surface area (Å²) in [5.74, 6) is 0.410. The molecule has 2 aromatic carbocycles. The molecule has 2 heterocycles. The Morgan fingerprint density at radius 2 is 1.55 bits per heavy atom. The van der Waals surface area contributed by atoms with Crippen LogP contribution in [0.25, 0.3) is 0 Å². The maximum absolute atomic E-state index is 12.9. The quantitative estimate of drug-likeness (QED) is 0.631. The second-order valence-electron chi connectivity index (χ2n) is 8.67. The van der Waals surface area contributed by atoms with Gasteiger partial charge in [0.25, 0.3) is 11.8 Å². The van der Waals surface area contributed by atoms with E-state index in [1.807, 2.05) is 4.90 Å². The number of carbonyl (C=O) groups excluding carboxylic acids is 2. The van der Waals surface area contributed by atoms with Crippen molar-refractivity contribution in [3.8, 4) is 0 Å². The van der Waals surface area contributed by atoms with E-state index in [0.717, 1.165) is 58.8 Å². The molecule has 2 amide bonds. The highest BCUT2D eigenvalue weighted by Gasteiger charge is 2.24. The van der Waals surface area contributed by atoms with E-state index in [-0.39, 0.29) is 11.8 Å². The Bertz CT molecular complexity index is 949. The first-order valence-corrected chi connectivity index (χ1v) is 12.2. The maximum Gasteiger partial charge on any atom is 0.255 e. The number of nitrogens with one attached hydrogen (secondary N) is 1. The number of rotatable bonds is 6. The van der Waals surface area contributed by atoms with E-state index in [1.165, 1.54) is 6.42 Å². The van der Waals surface area contributed by atoms with Crippen LogP contribution >= 0.6 is 23.2 Å². The summed E-state index contributed by atoms with van der Waals surface area (Å²) in [5.41, 5.74) is 1.61. The number of benzene rings is 2. The minimum absolute atomic E-state index is 0.0427. The summed E-state index contributed by atoms with van der Waals surface area (Å²) in [5, 5.41) is 3.61. The molecule has 0 unspecified atom stereocenters. The molecular weight excluding hydrogens is 461 g/mol. The molecule has 2 saturated heterocycles. The van der Waals surface area contributed by atoms with Crippen molar-refractivity contribution in [1.29, 1.82) is 0 Å². The van der Waals surface area contributed by atoms with E-state index in [1.54, 1.807) is 42.5 Å². The molecule has 176 valence electrons. The SMILES string of the molecule is O=C(Nc1ccc(C(=O)N2CCC(CCN3CCOCC3)CC2)cc1)c1cc(Cl)cc(Cl)c1. The number of piperidine rings is 1. The molecule has 2 fully saturated rings. The number of hydrogen-bond acceptors (Lipinski definition) is 4. The van der Waals surface area contributed by atoms with E-state index in [9.17, 15) is 9.59 Å². The van der Waals surface area contributed by atoms with Gasteiger partial charge in [-0.05, 0) is 74.2 Å². The van der Waals surface area contributed by atoms with Gasteiger partial charge in [-0.3, -0.25) is 14.5 Å². The molecule has 0 radical (unpaired) electrons. The molecule has 4 rings (SSSR count). The Morgan fingerprint density at radius 1 is 0.909 bits per heavy atom. The molecule has 2 aliphatic rings. The molecule has 0 aromatic heterocycles. The van der Waals surface area contributed by atoms with Crippen molar-refractivity contribution in [3.05, 3.63) is 63.6 Å². The van der Waals surface area contributed by atoms with E-state index in [4.69, 9.17) is 27.9 Å². The fraction of sp³-hybridized carbons (Fsp3) is 0.440. The summed E-state index contributed by atoms with van der Waals surface area (Å²) in [7, 11) is 0. The largest absolute Gasteiger partial charge is 0.379 e. The lowest BCUT2D eigenvalue weighted by Crippen LogP contribution is -2.40. The zero-order chi connectivity index (χ0) is 23.2. The highest BCUT2D eigenvalue weighted by molar-refractivity contribution is 6.35. The van der Waals surface area contributed by atoms with Crippen LogP contribution in [0.2, 0.25) is 10.0 Å². The molecule has 1 N–H and O–H groups in total. The second kappa shape index (κ2) is 11.3. The van der Waals surface area contributed by atoms with Gasteiger partial charge in [-0.15, -0.1) is 0 Å². The third-order valence-electron chi connectivity index (χ3n) is 6.37. The zero-order valence-electron chi connectivity index (χ0n) is 18.6. The van der Waals surface area contributed by atoms with Crippen molar-refractivity contribution in [2.75, 3.05) is 51.3 Å². The molecule has 0 spiro atoms. The van der Waals surface area contributed by atoms with Crippen LogP contribution in [-0.4, -0.2) is 67.6 Å². The van der Waals surface area contributed by atoms with E-state index in [2.05, 4.69) is 10.2 Å². The summed E-state index contributed by atoms with van der Waals surface area (Å²) in [6.07, 6.45) is 3.28. The van der Waals surface area contributed by atoms with Crippen molar-refractivity contribution in [1.82, 2.24) is 9.80 Å². The Hall–Kier alpha value is -2.12. The minimum Gasteiger partial charge on any atom is -0.379 e. The Kier molecular flexibility index (Phi) is 8.25. The monoisotopic (exact) mass is 489 g/mol. The average Bonchev–Trinajstić information content (AvgIpc) is 2.83. The van der Waals surface area contributed by atoms with Gasteiger partial charge in [0.1, 0.15) is 0 Å². The van der Waals surface area contributed by atoms with Gasteiger partial charge in [-0.25, -0.2) is 0 Å². The van der Waals surface area contributed by atoms with Gasteiger partial charge in [0.05, 0.1) is 13.2 Å². The maximum atomic E-state index is 12.9. The molecule has 33 heavy (non-hydrogen) atoms. The van der Waals surface area contributed by atoms with Crippen molar-refractivity contribution >= 4 is 40.7 Å². The first-order chi connectivity index (χ1) is 16.0. The van der Waals surface area contributed by atoms with Crippen LogP contribution in [0, 0.1) is 5.92 Å². The normalized spacial score (nSPS) is 17.7. The van der Waals surface area contributed by atoms with Crippen LogP contribution in [0.5, 0.6) is 0 Å². The lowest BCUT2D eigenvalue weighted by atomic mass is 9.93. The molecule has 0 saturated carbocycles. The molecule has 0 aliphatic carbocycles. The molecule has 6 nitrogen and oxygen atoms in total. The molecule has 8 heteroatoms. The average molecular weight is 490 g/mol. The van der Waals surface area contributed by atoms with Gasteiger partial charge in [-0.1, -0.05) is 23.2 Å². The van der Waals surface area contributed by atoms with Gasteiger partial charge >= 0.3 is 0 Å². The topological polar surface area (TPSA) is 61.9 Å². The second-order valence-corrected chi connectivity index (χ2v) is 9.54. The number of halogens is 2.